The summed E-state index contributed by atoms with van der Waals surface area (Å²) >= 11 is 0. The normalized spacial score (nSPS) is 29.9. The Kier molecular flexibility index (Phi) is 7.78. The van der Waals surface area contributed by atoms with E-state index in [0.29, 0.717) is 54.1 Å². The Balaban J connectivity index is 1.28. The van der Waals surface area contributed by atoms with Crippen molar-refractivity contribution in [2.24, 2.45) is 17.6 Å². The molecule has 3 aromatic heterocycles. The lowest BCUT2D eigenvalue weighted by molar-refractivity contribution is -0.123. The van der Waals surface area contributed by atoms with E-state index in [2.05, 4.69) is 5.32 Å². The first-order valence-corrected chi connectivity index (χ1v) is 17.4. The molecule has 10 nitrogen and oxygen atoms in total. The molecule has 5 heterocycles. The predicted molar refractivity (Wildman–Crippen MR) is 178 cm³/mol. The first-order valence-electron chi connectivity index (χ1n) is 17.4. The van der Waals surface area contributed by atoms with Crippen molar-refractivity contribution in [2.75, 3.05) is 13.7 Å². The van der Waals surface area contributed by atoms with Gasteiger partial charge < -0.3 is 29.8 Å². The van der Waals surface area contributed by atoms with Crippen LogP contribution in [0.5, 0.6) is 0 Å². The maximum Gasteiger partial charge on any atom is 0.265 e. The van der Waals surface area contributed by atoms with Gasteiger partial charge in [0.05, 0.1) is 41.6 Å². The Hall–Kier alpha value is -3.97. The third-order valence-electron chi connectivity index (χ3n) is 11.2. The van der Waals surface area contributed by atoms with E-state index in [0.717, 1.165) is 19.3 Å². The number of carbonyl (C=O) groups is 2. The van der Waals surface area contributed by atoms with E-state index < -0.39 is 24.3 Å². The molecule has 4 aromatic rings. The van der Waals surface area contributed by atoms with Crippen molar-refractivity contribution in [3.63, 3.8) is 0 Å². The smallest absolute Gasteiger partial charge is 0.265 e. The highest BCUT2D eigenvalue weighted by atomic mass is 19.3. The highest BCUT2D eigenvalue weighted by molar-refractivity contribution is 5.98. The SMILES string of the molecule is CO[C@H]1C[C@@H]1n1c(-c2cc3ccc4nc3n2CC(F)(F)CCC[C@@H]2C[C@H]2C(=O)N[C@@H]4C)nc2cc(C(=O)N3CCC[C@@H](N)[C@H]3C)cc(F)c21. The number of halogens is 3. The Bertz CT molecular complexity index is 1970. The van der Waals surface area contributed by atoms with Gasteiger partial charge in [-0.05, 0) is 88.6 Å². The number of imidazole rings is 1. The number of ether oxygens (including phenoxy) is 1. The number of carbonyl (C=O) groups excluding carboxylic acids is 2. The molecular weight excluding hydrogens is 635 g/mol. The van der Waals surface area contributed by atoms with Crippen molar-refractivity contribution in [2.45, 2.75) is 102 Å². The van der Waals surface area contributed by atoms with E-state index in [4.69, 9.17) is 20.4 Å². The average Bonchev–Trinajstić information content (AvgIpc) is 3.96. The number of rotatable bonds is 4. The Morgan fingerprint density at radius 3 is 2.69 bits per heavy atom. The quantitative estimate of drug-likeness (QED) is 0.285. The van der Waals surface area contributed by atoms with E-state index in [-0.39, 0.29) is 70.9 Å². The van der Waals surface area contributed by atoms with Gasteiger partial charge in [0.2, 0.25) is 5.91 Å². The van der Waals surface area contributed by atoms with Gasteiger partial charge in [0.15, 0.2) is 5.82 Å². The number of nitrogens with one attached hydrogen (secondary N) is 1. The first kappa shape index (κ1) is 32.2. The van der Waals surface area contributed by atoms with Crippen LogP contribution in [0.15, 0.2) is 30.3 Å². The summed E-state index contributed by atoms with van der Waals surface area (Å²) in [5, 5.41) is 3.68. The standard InChI is InChI=1S/C36H42F3N7O3/c1-18-26-9-8-21-15-29(45(32(21)42-26)17-36(38,39)10-4-6-20-12-23(20)34(47)41-18)33-43-27-14-22(35(48)44-11-5-7-25(40)19(44)2)13-24(37)31(27)46(33)28-16-30(28)49-3/h8-9,13-15,18-20,23,25,28,30H,4-7,10-12,16-17,40H2,1-3H3,(H,41,47)/t18-,19-,20-,23-,25-,28+,30+/m1/s1. The van der Waals surface area contributed by atoms with Crippen LogP contribution in [0.2, 0.25) is 0 Å². The number of methoxy groups -OCH3 is 1. The lowest BCUT2D eigenvalue weighted by Gasteiger charge is -2.37. The maximum absolute atomic E-state index is 16.3. The summed E-state index contributed by atoms with van der Waals surface area (Å²) in [4.78, 5) is 38.0. The molecule has 2 aliphatic heterocycles. The van der Waals surface area contributed by atoms with Gasteiger partial charge in [0.1, 0.15) is 17.0 Å². The van der Waals surface area contributed by atoms with Gasteiger partial charge in [-0.3, -0.25) is 9.59 Å². The molecule has 2 saturated carbocycles. The molecule has 3 fully saturated rings. The van der Waals surface area contributed by atoms with Crippen molar-refractivity contribution >= 4 is 33.9 Å². The van der Waals surface area contributed by atoms with E-state index in [1.807, 2.05) is 19.9 Å². The second kappa shape index (κ2) is 11.8. The molecular formula is C36H42F3N7O3. The lowest BCUT2D eigenvalue weighted by Crippen LogP contribution is -2.52. The van der Waals surface area contributed by atoms with Crippen LogP contribution >= 0.6 is 0 Å². The van der Waals surface area contributed by atoms with Crippen molar-refractivity contribution in [1.82, 2.24) is 29.3 Å². The summed E-state index contributed by atoms with van der Waals surface area (Å²) in [5.41, 5.74) is 8.12. The topological polar surface area (TPSA) is 120 Å². The van der Waals surface area contributed by atoms with Crippen LogP contribution in [0.1, 0.15) is 86.9 Å². The molecule has 49 heavy (non-hydrogen) atoms. The molecule has 2 amide bonds. The molecule has 7 atom stereocenters. The fourth-order valence-corrected chi connectivity index (χ4v) is 8.06. The molecule has 0 unspecified atom stereocenters. The van der Waals surface area contributed by atoms with Crippen LogP contribution in [0.25, 0.3) is 33.6 Å². The molecule has 2 aliphatic carbocycles. The van der Waals surface area contributed by atoms with Gasteiger partial charge in [0, 0.05) is 49.0 Å². The van der Waals surface area contributed by atoms with Crippen LogP contribution in [-0.4, -0.2) is 73.6 Å². The average molecular weight is 678 g/mol. The van der Waals surface area contributed by atoms with Crippen molar-refractivity contribution in [3.8, 4) is 11.5 Å². The monoisotopic (exact) mass is 677 g/mol. The molecule has 13 heteroatoms. The van der Waals surface area contributed by atoms with Crippen molar-refractivity contribution in [1.29, 1.82) is 0 Å². The van der Waals surface area contributed by atoms with Gasteiger partial charge in [-0.15, -0.1) is 0 Å². The van der Waals surface area contributed by atoms with Crippen LogP contribution < -0.4 is 11.1 Å². The zero-order valence-electron chi connectivity index (χ0n) is 28.0. The summed E-state index contributed by atoms with van der Waals surface area (Å²) in [6.07, 6.45) is 3.20. The fourth-order valence-electron chi connectivity index (χ4n) is 8.06. The number of nitrogens with two attached hydrogens (primary N) is 1. The van der Waals surface area contributed by atoms with Gasteiger partial charge in [-0.2, -0.15) is 0 Å². The van der Waals surface area contributed by atoms with E-state index in [9.17, 15) is 9.59 Å². The number of hydrogen-bond acceptors (Lipinski definition) is 6. The van der Waals surface area contributed by atoms with Crippen LogP contribution in [0.4, 0.5) is 13.2 Å². The zero-order chi connectivity index (χ0) is 34.4. The molecule has 0 spiro atoms. The largest absolute Gasteiger partial charge is 0.379 e. The van der Waals surface area contributed by atoms with E-state index in [1.165, 1.54) is 10.6 Å². The van der Waals surface area contributed by atoms with E-state index >= 15 is 13.2 Å². The van der Waals surface area contributed by atoms with Gasteiger partial charge in [-0.25, -0.2) is 23.1 Å². The number of likely N-dealkylation sites (tertiary alicyclic amines) is 1. The third-order valence-corrected chi connectivity index (χ3v) is 11.2. The number of alkyl halides is 2. The minimum Gasteiger partial charge on any atom is -0.379 e. The molecule has 3 N–H and O–H groups in total. The Morgan fingerprint density at radius 1 is 1.10 bits per heavy atom. The molecule has 2 bridgehead atoms. The zero-order valence-corrected chi connectivity index (χ0v) is 28.0. The maximum atomic E-state index is 16.3. The minimum atomic E-state index is -3.08. The number of piperidine rings is 1. The number of pyridine rings is 1. The van der Waals surface area contributed by atoms with Gasteiger partial charge in [0.25, 0.3) is 11.8 Å². The van der Waals surface area contributed by atoms with Gasteiger partial charge >= 0.3 is 0 Å². The summed E-state index contributed by atoms with van der Waals surface area (Å²) in [7, 11) is 1.59. The summed E-state index contributed by atoms with van der Waals surface area (Å²) in [6.45, 7) is 3.63. The lowest BCUT2D eigenvalue weighted by atomic mass is 9.97. The second-order valence-electron chi connectivity index (χ2n) is 14.6. The number of nitrogens with zero attached hydrogens (tertiary/aromatic N) is 5. The molecule has 4 aliphatic rings. The molecule has 260 valence electrons. The third kappa shape index (κ3) is 5.68. The predicted octanol–water partition coefficient (Wildman–Crippen LogP) is 5.74. The minimum absolute atomic E-state index is 0.0670. The highest BCUT2D eigenvalue weighted by Gasteiger charge is 2.45. The van der Waals surface area contributed by atoms with Crippen molar-refractivity contribution < 1.29 is 27.5 Å². The first-order chi connectivity index (χ1) is 23.4. The second-order valence-corrected chi connectivity index (χ2v) is 14.6. The summed E-state index contributed by atoms with van der Waals surface area (Å²) < 4.78 is 56.9. The number of hydrogen-bond donors (Lipinski definition) is 2. The molecule has 8 rings (SSSR count). The molecule has 0 radical (unpaired) electrons. The number of aromatic nitrogens is 4. The summed E-state index contributed by atoms with van der Waals surface area (Å²) in [5.74, 6) is -3.81. The van der Waals surface area contributed by atoms with Crippen LogP contribution in [0.3, 0.4) is 0 Å². The molecule has 1 saturated heterocycles. The number of benzene rings is 1. The number of fused-ring (bicyclic) bond motifs is 3. The Morgan fingerprint density at radius 2 is 1.92 bits per heavy atom. The van der Waals surface area contributed by atoms with Crippen molar-refractivity contribution in [3.05, 3.63) is 47.4 Å². The fraction of sp³-hybridized carbons (Fsp3) is 0.556. The van der Waals surface area contributed by atoms with E-state index in [1.54, 1.807) is 34.8 Å². The highest BCUT2D eigenvalue weighted by Crippen LogP contribution is 2.46. The number of amides is 2. The van der Waals surface area contributed by atoms with Crippen LogP contribution in [0, 0.1) is 17.7 Å². The summed E-state index contributed by atoms with van der Waals surface area (Å²) in [6, 6.07) is 7.13. The Labute approximate surface area is 282 Å². The van der Waals surface area contributed by atoms with Crippen LogP contribution in [-0.2, 0) is 16.1 Å². The van der Waals surface area contributed by atoms with Gasteiger partial charge in [-0.1, -0.05) is 0 Å². The molecule has 1 aromatic carbocycles.